The molecule has 6 nitrogen and oxygen atoms in total. The number of carbonyl (C=O) groups is 2. The SMILES string of the molecule is COc1cccc(OC)c1C(=O)OCC(=O)NC1CC1. The van der Waals surface area contributed by atoms with Crippen molar-refractivity contribution in [3.05, 3.63) is 23.8 Å². The van der Waals surface area contributed by atoms with Crippen molar-refractivity contribution in [2.45, 2.75) is 18.9 Å². The Bertz CT molecular complexity index is 488. The number of rotatable bonds is 6. The third-order valence-electron chi connectivity index (χ3n) is 2.91. The molecule has 1 saturated carbocycles. The molecule has 0 bridgehead atoms. The van der Waals surface area contributed by atoms with Crippen LogP contribution in [0, 0.1) is 0 Å². The lowest BCUT2D eigenvalue weighted by molar-refractivity contribution is -0.124. The molecule has 1 fully saturated rings. The minimum absolute atomic E-state index is 0.178. The van der Waals surface area contributed by atoms with Gasteiger partial charge >= 0.3 is 5.97 Å². The highest BCUT2D eigenvalue weighted by Gasteiger charge is 2.25. The Hall–Kier alpha value is -2.24. The van der Waals surface area contributed by atoms with E-state index in [1.165, 1.54) is 14.2 Å². The summed E-state index contributed by atoms with van der Waals surface area (Å²) in [6.07, 6.45) is 1.97. The van der Waals surface area contributed by atoms with Gasteiger partial charge in [0, 0.05) is 6.04 Å². The monoisotopic (exact) mass is 279 g/mol. The highest BCUT2D eigenvalue weighted by atomic mass is 16.5. The van der Waals surface area contributed by atoms with E-state index in [0.29, 0.717) is 11.5 Å². The quantitative estimate of drug-likeness (QED) is 0.790. The van der Waals surface area contributed by atoms with Crippen LogP contribution in [-0.2, 0) is 9.53 Å². The van der Waals surface area contributed by atoms with Gasteiger partial charge in [0.2, 0.25) is 0 Å². The molecule has 1 amide bonds. The van der Waals surface area contributed by atoms with Crippen LogP contribution >= 0.6 is 0 Å². The Morgan fingerprint density at radius 3 is 2.30 bits per heavy atom. The summed E-state index contributed by atoms with van der Waals surface area (Å²) in [5, 5.41) is 2.74. The summed E-state index contributed by atoms with van der Waals surface area (Å²) in [6, 6.07) is 5.20. The minimum Gasteiger partial charge on any atom is -0.496 e. The van der Waals surface area contributed by atoms with Gasteiger partial charge in [0.1, 0.15) is 17.1 Å². The number of methoxy groups -OCH3 is 2. The Balaban J connectivity index is 2.02. The third-order valence-corrected chi connectivity index (χ3v) is 2.91. The number of hydrogen-bond donors (Lipinski definition) is 1. The van der Waals surface area contributed by atoms with Crippen LogP contribution in [0.5, 0.6) is 11.5 Å². The van der Waals surface area contributed by atoms with Crippen molar-refractivity contribution in [2.24, 2.45) is 0 Å². The van der Waals surface area contributed by atoms with Gasteiger partial charge in [0.25, 0.3) is 5.91 Å². The van der Waals surface area contributed by atoms with E-state index >= 15 is 0 Å². The second-order valence-corrected chi connectivity index (χ2v) is 4.46. The van der Waals surface area contributed by atoms with Crippen LogP contribution < -0.4 is 14.8 Å². The van der Waals surface area contributed by atoms with Gasteiger partial charge < -0.3 is 19.5 Å². The number of benzene rings is 1. The standard InChI is InChI=1S/C14H17NO5/c1-18-10-4-3-5-11(19-2)13(10)14(17)20-8-12(16)15-9-6-7-9/h3-5,9H,6-8H2,1-2H3,(H,15,16). The molecule has 108 valence electrons. The van der Waals surface area contributed by atoms with Gasteiger partial charge in [0.05, 0.1) is 14.2 Å². The molecule has 0 aliphatic heterocycles. The Kier molecular flexibility index (Phi) is 4.45. The fraction of sp³-hybridized carbons (Fsp3) is 0.429. The lowest BCUT2D eigenvalue weighted by Crippen LogP contribution is -2.30. The van der Waals surface area contributed by atoms with Gasteiger partial charge in [-0.15, -0.1) is 0 Å². The number of ether oxygens (including phenoxy) is 3. The van der Waals surface area contributed by atoms with Gasteiger partial charge in [-0.3, -0.25) is 4.79 Å². The summed E-state index contributed by atoms with van der Waals surface area (Å²) >= 11 is 0. The second-order valence-electron chi connectivity index (χ2n) is 4.46. The number of hydrogen-bond acceptors (Lipinski definition) is 5. The van der Waals surface area contributed by atoms with E-state index in [2.05, 4.69) is 5.32 Å². The predicted molar refractivity (Wildman–Crippen MR) is 71.0 cm³/mol. The molecule has 1 aliphatic carbocycles. The molecule has 0 unspecified atom stereocenters. The van der Waals surface area contributed by atoms with Gasteiger partial charge in [-0.1, -0.05) is 6.07 Å². The van der Waals surface area contributed by atoms with Crippen molar-refractivity contribution in [1.82, 2.24) is 5.32 Å². The molecule has 0 aromatic heterocycles. The summed E-state index contributed by atoms with van der Waals surface area (Å²) in [5.74, 6) is -0.256. The molecule has 0 heterocycles. The van der Waals surface area contributed by atoms with Crippen LogP contribution in [0.15, 0.2) is 18.2 Å². The van der Waals surface area contributed by atoms with Crippen LogP contribution in [0.4, 0.5) is 0 Å². The number of carbonyl (C=O) groups excluding carboxylic acids is 2. The van der Waals surface area contributed by atoms with Crippen molar-refractivity contribution < 1.29 is 23.8 Å². The maximum absolute atomic E-state index is 12.0. The smallest absolute Gasteiger partial charge is 0.346 e. The predicted octanol–water partition coefficient (Wildman–Crippen LogP) is 1.14. The molecule has 6 heteroatoms. The maximum atomic E-state index is 12.0. The van der Waals surface area contributed by atoms with Crippen molar-refractivity contribution in [3.63, 3.8) is 0 Å². The summed E-state index contributed by atoms with van der Waals surface area (Å²) < 4.78 is 15.2. The largest absolute Gasteiger partial charge is 0.496 e. The first-order valence-electron chi connectivity index (χ1n) is 6.33. The average molecular weight is 279 g/mol. The van der Waals surface area contributed by atoms with E-state index in [-0.39, 0.29) is 24.1 Å². The van der Waals surface area contributed by atoms with Crippen LogP contribution in [0.1, 0.15) is 23.2 Å². The minimum atomic E-state index is -0.648. The summed E-state index contributed by atoms with van der Waals surface area (Å²) in [5.41, 5.74) is 0.178. The third kappa shape index (κ3) is 3.40. The van der Waals surface area contributed by atoms with E-state index in [4.69, 9.17) is 14.2 Å². The van der Waals surface area contributed by atoms with Gasteiger partial charge in [-0.05, 0) is 25.0 Å². The molecule has 1 N–H and O–H groups in total. The number of nitrogens with one attached hydrogen (secondary N) is 1. The Morgan fingerprint density at radius 2 is 1.80 bits per heavy atom. The molecule has 0 spiro atoms. The first kappa shape index (κ1) is 14.2. The van der Waals surface area contributed by atoms with E-state index in [1.54, 1.807) is 18.2 Å². The molecule has 1 aromatic carbocycles. The van der Waals surface area contributed by atoms with Crippen LogP contribution in [0.2, 0.25) is 0 Å². The highest BCUT2D eigenvalue weighted by Crippen LogP contribution is 2.28. The molecular formula is C14H17NO5. The van der Waals surface area contributed by atoms with Gasteiger partial charge in [0.15, 0.2) is 6.61 Å². The molecule has 1 aromatic rings. The van der Waals surface area contributed by atoms with Crippen molar-refractivity contribution in [1.29, 1.82) is 0 Å². The second kappa shape index (κ2) is 6.27. The fourth-order valence-corrected chi connectivity index (χ4v) is 1.75. The van der Waals surface area contributed by atoms with Crippen LogP contribution in [0.25, 0.3) is 0 Å². The fourth-order valence-electron chi connectivity index (χ4n) is 1.75. The van der Waals surface area contributed by atoms with Crippen molar-refractivity contribution in [2.75, 3.05) is 20.8 Å². The van der Waals surface area contributed by atoms with Crippen LogP contribution in [-0.4, -0.2) is 38.7 Å². The zero-order valence-electron chi connectivity index (χ0n) is 11.5. The van der Waals surface area contributed by atoms with E-state index in [1.807, 2.05) is 0 Å². The summed E-state index contributed by atoms with van der Waals surface area (Å²) in [4.78, 5) is 23.5. The Morgan fingerprint density at radius 1 is 1.20 bits per heavy atom. The van der Waals surface area contributed by atoms with E-state index in [0.717, 1.165) is 12.8 Å². The normalized spacial score (nSPS) is 13.5. The molecule has 2 rings (SSSR count). The zero-order valence-corrected chi connectivity index (χ0v) is 11.5. The number of esters is 1. The average Bonchev–Trinajstić information content (AvgIpc) is 3.27. The topological polar surface area (TPSA) is 73.9 Å². The molecular weight excluding hydrogens is 262 g/mol. The molecule has 0 radical (unpaired) electrons. The van der Waals surface area contributed by atoms with Crippen molar-refractivity contribution in [3.8, 4) is 11.5 Å². The zero-order chi connectivity index (χ0) is 14.5. The first-order chi connectivity index (χ1) is 9.65. The first-order valence-corrected chi connectivity index (χ1v) is 6.33. The molecule has 0 saturated heterocycles. The summed E-state index contributed by atoms with van der Waals surface area (Å²) in [6.45, 7) is -0.309. The highest BCUT2D eigenvalue weighted by molar-refractivity contribution is 5.96. The van der Waals surface area contributed by atoms with Crippen molar-refractivity contribution >= 4 is 11.9 Å². The molecule has 20 heavy (non-hydrogen) atoms. The summed E-state index contributed by atoms with van der Waals surface area (Å²) in [7, 11) is 2.90. The van der Waals surface area contributed by atoms with Gasteiger partial charge in [-0.2, -0.15) is 0 Å². The lowest BCUT2D eigenvalue weighted by Gasteiger charge is -2.12. The number of amides is 1. The van der Waals surface area contributed by atoms with Gasteiger partial charge in [-0.25, -0.2) is 4.79 Å². The lowest BCUT2D eigenvalue weighted by atomic mass is 10.2. The van der Waals surface area contributed by atoms with Crippen LogP contribution in [0.3, 0.4) is 0 Å². The molecule has 0 atom stereocenters. The van der Waals surface area contributed by atoms with E-state index in [9.17, 15) is 9.59 Å². The maximum Gasteiger partial charge on any atom is 0.346 e. The molecule has 1 aliphatic rings. The Labute approximate surface area is 117 Å². The van der Waals surface area contributed by atoms with E-state index < -0.39 is 5.97 Å².